The van der Waals surface area contributed by atoms with Gasteiger partial charge in [-0.2, -0.15) is 5.10 Å². The Balaban J connectivity index is 1.96. The summed E-state index contributed by atoms with van der Waals surface area (Å²) in [5, 5.41) is 13.2. The van der Waals surface area contributed by atoms with Gasteiger partial charge in [0.2, 0.25) is 0 Å². The molecule has 23 heavy (non-hydrogen) atoms. The number of hydrogen-bond acceptors (Lipinski definition) is 4. The van der Waals surface area contributed by atoms with Gasteiger partial charge in [0.15, 0.2) is 5.69 Å². The van der Waals surface area contributed by atoms with Crippen LogP contribution in [-0.2, 0) is 7.05 Å². The number of aromatic nitrogens is 4. The molecule has 114 valence electrons. The minimum atomic E-state index is -1.07. The maximum Gasteiger partial charge on any atom is 0.354 e. The lowest BCUT2D eigenvalue weighted by molar-refractivity contribution is 0.0690. The fraction of sp³-hybridized carbons (Fsp3) is 0.0588. The number of rotatable bonds is 4. The number of hydrogen-bond donors (Lipinski definition) is 1. The fourth-order valence-corrected chi connectivity index (χ4v) is 2.27. The Morgan fingerprint density at radius 3 is 2.74 bits per heavy atom. The van der Waals surface area contributed by atoms with Crippen molar-refractivity contribution < 1.29 is 9.90 Å². The van der Waals surface area contributed by atoms with Crippen molar-refractivity contribution in [2.24, 2.45) is 7.05 Å². The molecule has 0 spiro atoms. The van der Waals surface area contributed by atoms with Gasteiger partial charge in [-0.05, 0) is 23.8 Å². The average molecular weight is 306 g/mol. The van der Waals surface area contributed by atoms with Crippen molar-refractivity contribution >= 4 is 18.1 Å². The Morgan fingerprint density at radius 2 is 2.00 bits per heavy atom. The van der Waals surface area contributed by atoms with Crippen molar-refractivity contribution in [1.29, 1.82) is 0 Å². The zero-order chi connectivity index (χ0) is 16.2. The Kier molecular flexibility index (Phi) is 3.97. The summed E-state index contributed by atoms with van der Waals surface area (Å²) in [6.07, 6.45) is 6.66. The second kappa shape index (κ2) is 6.23. The quantitative estimate of drug-likeness (QED) is 0.801. The maximum absolute atomic E-state index is 11.0. The van der Waals surface area contributed by atoms with Gasteiger partial charge in [-0.1, -0.05) is 30.3 Å². The Hall–Kier alpha value is -3.28. The van der Waals surface area contributed by atoms with Gasteiger partial charge in [-0.3, -0.25) is 4.68 Å². The Labute approximate surface area is 132 Å². The molecule has 0 atom stereocenters. The number of nitrogens with zero attached hydrogens (tertiary/aromatic N) is 4. The molecule has 0 fully saturated rings. The van der Waals surface area contributed by atoms with Crippen molar-refractivity contribution in [1.82, 2.24) is 19.7 Å². The van der Waals surface area contributed by atoms with Crippen LogP contribution in [0.5, 0.6) is 0 Å². The number of carboxylic acid groups (broad SMARTS) is 1. The first kappa shape index (κ1) is 14.6. The second-order valence-corrected chi connectivity index (χ2v) is 4.89. The Morgan fingerprint density at radius 1 is 1.17 bits per heavy atom. The molecule has 0 saturated carbocycles. The molecule has 0 aliphatic rings. The van der Waals surface area contributed by atoms with E-state index in [-0.39, 0.29) is 5.69 Å². The zero-order valence-corrected chi connectivity index (χ0v) is 12.4. The molecule has 0 aliphatic carbocycles. The van der Waals surface area contributed by atoms with Crippen molar-refractivity contribution in [3.8, 4) is 11.3 Å². The lowest BCUT2D eigenvalue weighted by Crippen LogP contribution is -2.01. The number of carbonyl (C=O) groups is 1. The molecular formula is C17H14N4O2. The highest BCUT2D eigenvalue weighted by atomic mass is 16.4. The summed E-state index contributed by atoms with van der Waals surface area (Å²) < 4.78 is 1.81. The highest BCUT2D eigenvalue weighted by Gasteiger charge is 2.07. The average Bonchev–Trinajstić information content (AvgIpc) is 2.99. The van der Waals surface area contributed by atoms with Crippen LogP contribution in [0.4, 0.5) is 0 Å². The summed E-state index contributed by atoms with van der Waals surface area (Å²) >= 11 is 0. The largest absolute Gasteiger partial charge is 0.477 e. The van der Waals surface area contributed by atoms with Crippen LogP contribution in [0.25, 0.3) is 23.4 Å². The van der Waals surface area contributed by atoms with Crippen LogP contribution >= 0.6 is 0 Å². The highest BCUT2D eigenvalue weighted by molar-refractivity contribution is 5.86. The molecule has 0 amide bonds. The monoisotopic (exact) mass is 306 g/mol. The van der Waals surface area contributed by atoms with Crippen LogP contribution < -0.4 is 0 Å². The summed E-state index contributed by atoms with van der Waals surface area (Å²) in [6, 6.07) is 11.3. The third-order valence-corrected chi connectivity index (χ3v) is 3.40. The standard InChI is InChI=1S/C17H14N4O2/c1-21-16(8-9-20-21)14-5-3-2-4-12(14)6-7-13-10-15(17(22)23)19-11-18-13/h2-11H,1H3,(H,22,23)/b7-6+. The maximum atomic E-state index is 11.0. The van der Waals surface area contributed by atoms with Gasteiger partial charge in [0.05, 0.1) is 11.4 Å². The normalized spacial score (nSPS) is 11.0. The van der Waals surface area contributed by atoms with Crippen LogP contribution in [-0.4, -0.2) is 30.8 Å². The molecule has 3 rings (SSSR count). The van der Waals surface area contributed by atoms with Crippen molar-refractivity contribution in [3.63, 3.8) is 0 Å². The SMILES string of the molecule is Cn1nccc1-c1ccccc1/C=C/c1cc(C(=O)O)ncn1. The zero-order valence-electron chi connectivity index (χ0n) is 12.4. The second-order valence-electron chi connectivity index (χ2n) is 4.89. The van der Waals surface area contributed by atoms with E-state index in [0.29, 0.717) is 5.69 Å². The van der Waals surface area contributed by atoms with E-state index in [4.69, 9.17) is 5.11 Å². The number of aromatic carboxylic acids is 1. The molecule has 0 unspecified atom stereocenters. The molecule has 6 nitrogen and oxygen atoms in total. The number of benzene rings is 1. The first-order valence-corrected chi connectivity index (χ1v) is 6.96. The molecule has 6 heteroatoms. The van der Waals surface area contributed by atoms with E-state index in [1.807, 2.05) is 43.5 Å². The first-order valence-electron chi connectivity index (χ1n) is 6.96. The first-order chi connectivity index (χ1) is 11.1. The molecule has 2 aromatic heterocycles. The van der Waals surface area contributed by atoms with Crippen LogP contribution in [0.15, 0.2) is 48.9 Å². The molecule has 3 aromatic rings. The third kappa shape index (κ3) is 3.16. The number of aryl methyl sites for hydroxylation is 1. The molecular weight excluding hydrogens is 292 g/mol. The predicted molar refractivity (Wildman–Crippen MR) is 86.6 cm³/mol. The van der Waals surface area contributed by atoms with Crippen molar-refractivity contribution in [3.05, 3.63) is 65.9 Å². The fourth-order valence-electron chi connectivity index (χ4n) is 2.27. The van der Waals surface area contributed by atoms with Gasteiger partial charge in [0.1, 0.15) is 6.33 Å². The summed E-state index contributed by atoms with van der Waals surface area (Å²) in [4.78, 5) is 18.7. The van der Waals surface area contributed by atoms with Crippen LogP contribution in [0.1, 0.15) is 21.7 Å². The topological polar surface area (TPSA) is 80.9 Å². The summed E-state index contributed by atoms with van der Waals surface area (Å²) in [5.41, 5.74) is 3.54. The molecule has 0 aliphatic heterocycles. The van der Waals surface area contributed by atoms with E-state index in [0.717, 1.165) is 16.8 Å². The lowest BCUT2D eigenvalue weighted by atomic mass is 10.0. The van der Waals surface area contributed by atoms with Gasteiger partial charge in [0.25, 0.3) is 0 Å². The minimum Gasteiger partial charge on any atom is -0.477 e. The van der Waals surface area contributed by atoms with Gasteiger partial charge in [0, 0.05) is 18.8 Å². The third-order valence-electron chi connectivity index (χ3n) is 3.40. The van der Waals surface area contributed by atoms with E-state index in [1.54, 1.807) is 17.0 Å². The summed E-state index contributed by atoms with van der Waals surface area (Å²) in [5.74, 6) is -1.07. The van der Waals surface area contributed by atoms with Crippen LogP contribution in [0.2, 0.25) is 0 Å². The van der Waals surface area contributed by atoms with Gasteiger partial charge < -0.3 is 5.11 Å². The minimum absolute atomic E-state index is 0.0282. The molecule has 1 N–H and O–H groups in total. The van der Waals surface area contributed by atoms with E-state index < -0.39 is 5.97 Å². The molecule has 2 heterocycles. The van der Waals surface area contributed by atoms with Crippen molar-refractivity contribution in [2.45, 2.75) is 0 Å². The number of carboxylic acids is 1. The molecule has 1 aromatic carbocycles. The van der Waals surface area contributed by atoms with E-state index in [9.17, 15) is 4.79 Å². The van der Waals surface area contributed by atoms with E-state index in [2.05, 4.69) is 15.1 Å². The highest BCUT2D eigenvalue weighted by Crippen LogP contribution is 2.24. The summed E-state index contributed by atoms with van der Waals surface area (Å²) in [6.45, 7) is 0. The van der Waals surface area contributed by atoms with Gasteiger partial charge in [-0.15, -0.1) is 0 Å². The summed E-state index contributed by atoms with van der Waals surface area (Å²) in [7, 11) is 1.89. The lowest BCUT2D eigenvalue weighted by Gasteiger charge is -2.06. The van der Waals surface area contributed by atoms with Crippen molar-refractivity contribution in [2.75, 3.05) is 0 Å². The van der Waals surface area contributed by atoms with Crippen LogP contribution in [0, 0.1) is 0 Å². The smallest absolute Gasteiger partial charge is 0.354 e. The molecule has 0 bridgehead atoms. The van der Waals surface area contributed by atoms with E-state index in [1.165, 1.54) is 12.4 Å². The van der Waals surface area contributed by atoms with Crippen LogP contribution in [0.3, 0.4) is 0 Å². The van der Waals surface area contributed by atoms with Gasteiger partial charge in [-0.25, -0.2) is 14.8 Å². The molecule has 0 saturated heterocycles. The predicted octanol–water partition coefficient (Wildman–Crippen LogP) is 2.75. The molecule has 0 radical (unpaired) electrons. The van der Waals surface area contributed by atoms with E-state index >= 15 is 0 Å². The van der Waals surface area contributed by atoms with Gasteiger partial charge >= 0.3 is 5.97 Å². The Bertz CT molecular complexity index is 884.